The molecular formula is C19H19NO. The summed E-state index contributed by atoms with van der Waals surface area (Å²) in [6.45, 7) is 1.47. The Kier molecular flexibility index (Phi) is 4.17. The van der Waals surface area contributed by atoms with Gasteiger partial charge < -0.3 is 10.1 Å². The van der Waals surface area contributed by atoms with Gasteiger partial charge in [0.2, 0.25) is 0 Å². The SMILES string of the molecule is COCc1cccc(NCc2ccc3ccccc3c2)c1. The standard InChI is InChI=1S/C19H19NO/c1-21-14-16-5-4-8-19(12-16)20-13-15-9-10-17-6-2-3-7-18(17)11-15/h2-12,20H,13-14H2,1H3. The second kappa shape index (κ2) is 6.42. The Morgan fingerprint density at radius 2 is 1.67 bits per heavy atom. The van der Waals surface area contributed by atoms with Crippen molar-refractivity contribution in [2.75, 3.05) is 12.4 Å². The molecule has 3 rings (SSSR count). The van der Waals surface area contributed by atoms with E-state index in [4.69, 9.17) is 4.74 Å². The van der Waals surface area contributed by atoms with E-state index >= 15 is 0 Å². The highest BCUT2D eigenvalue weighted by molar-refractivity contribution is 5.83. The second-order valence-corrected chi connectivity index (χ2v) is 5.17. The van der Waals surface area contributed by atoms with E-state index < -0.39 is 0 Å². The Labute approximate surface area is 125 Å². The number of hydrogen-bond donors (Lipinski definition) is 1. The van der Waals surface area contributed by atoms with Crippen molar-refractivity contribution in [2.24, 2.45) is 0 Å². The highest BCUT2D eigenvalue weighted by Gasteiger charge is 1.98. The fourth-order valence-corrected chi connectivity index (χ4v) is 2.49. The predicted octanol–water partition coefficient (Wildman–Crippen LogP) is 4.60. The molecule has 0 heterocycles. The molecule has 3 aromatic carbocycles. The number of rotatable bonds is 5. The minimum absolute atomic E-state index is 0.644. The molecule has 0 aliphatic rings. The summed E-state index contributed by atoms with van der Waals surface area (Å²) >= 11 is 0. The zero-order valence-corrected chi connectivity index (χ0v) is 12.2. The molecule has 0 atom stereocenters. The third kappa shape index (κ3) is 3.41. The minimum atomic E-state index is 0.644. The van der Waals surface area contributed by atoms with Crippen molar-refractivity contribution in [2.45, 2.75) is 13.2 Å². The molecule has 0 aliphatic carbocycles. The molecule has 0 fully saturated rings. The Morgan fingerprint density at radius 1 is 0.810 bits per heavy atom. The summed E-state index contributed by atoms with van der Waals surface area (Å²) in [5.74, 6) is 0. The van der Waals surface area contributed by atoms with E-state index in [1.807, 2.05) is 0 Å². The lowest BCUT2D eigenvalue weighted by Gasteiger charge is -2.09. The van der Waals surface area contributed by atoms with Crippen molar-refractivity contribution in [3.05, 3.63) is 77.9 Å². The number of benzene rings is 3. The molecule has 0 spiro atoms. The van der Waals surface area contributed by atoms with Crippen LogP contribution in [0.1, 0.15) is 11.1 Å². The normalized spacial score (nSPS) is 10.7. The van der Waals surface area contributed by atoms with Gasteiger partial charge in [-0.25, -0.2) is 0 Å². The molecule has 3 aromatic rings. The van der Waals surface area contributed by atoms with Crippen molar-refractivity contribution in [3.8, 4) is 0 Å². The summed E-state index contributed by atoms with van der Waals surface area (Å²) in [6.07, 6.45) is 0. The van der Waals surface area contributed by atoms with Crippen LogP contribution >= 0.6 is 0 Å². The zero-order valence-electron chi connectivity index (χ0n) is 12.2. The fourth-order valence-electron chi connectivity index (χ4n) is 2.49. The monoisotopic (exact) mass is 277 g/mol. The molecule has 0 aliphatic heterocycles. The number of anilines is 1. The van der Waals surface area contributed by atoms with Crippen molar-refractivity contribution in [1.29, 1.82) is 0 Å². The second-order valence-electron chi connectivity index (χ2n) is 5.17. The van der Waals surface area contributed by atoms with Crippen molar-refractivity contribution >= 4 is 16.5 Å². The quantitative estimate of drug-likeness (QED) is 0.736. The van der Waals surface area contributed by atoms with Crippen LogP contribution in [0.3, 0.4) is 0 Å². The number of ether oxygens (including phenoxy) is 1. The third-order valence-electron chi connectivity index (χ3n) is 3.55. The molecule has 21 heavy (non-hydrogen) atoms. The molecule has 0 bridgehead atoms. The van der Waals surface area contributed by atoms with Crippen molar-refractivity contribution < 1.29 is 4.74 Å². The van der Waals surface area contributed by atoms with Gasteiger partial charge in [0.1, 0.15) is 0 Å². The van der Waals surface area contributed by atoms with Crippen LogP contribution in [0, 0.1) is 0 Å². The van der Waals surface area contributed by atoms with E-state index in [0.29, 0.717) is 6.61 Å². The Bertz CT molecular complexity index is 736. The molecule has 0 unspecified atom stereocenters. The molecular weight excluding hydrogens is 258 g/mol. The Morgan fingerprint density at radius 3 is 2.52 bits per heavy atom. The summed E-state index contributed by atoms with van der Waals surface area (Å²) in [5.41, 5.74) is 3.59. The minimum Gasteiger partial charge on any atom is -0.381 e. The van der Waals surface area contributed by atoms with Crippen LogP contribution in [0.2, 0.25) is 0 Å². The van der Waals surface area contributed by atoms with Crippen LogP contribution in [0.15, 0.2) is 66.7 Å². The van der Waals surface area contributed by atoms with Crippen molar-refractivity contribution in [1.82, 2.24) is 0 Å². The molecule has 0 saturated heterocycles. The van der Waals surface area contributed by atoms with Gasteiger partial charge in [-0.3, -0.25) is 0 Å². The maximum absolute atomic E-state index is 5.17. The zero-order chi connectivity index (χ0) is 14.5. The topological polar surface area (TPSA) is 21.3 Å². The van der Waals surface area contributed by atoms with E-state index in [1.54, 1.807) is 7.11 Å². The number of nitrogens with one attached hydrogen (secondary N) is 1. The molecule has 0 amide bonds. The smallest absolute Gasteiger partial charge is 0.0713 e. The van der Waals surface area contributed by atoms with E-state index in [0.717, 1.165) is 12.2 Å². The lowest BCUT2D eigenvalue weighted by atomic mass is 10.1. The first kappa shape index (κ1) is 13.7. The van der Waals surface area contributed by atoms with Gasteiger partial charge in [-0.1, -0.05) is 48.5 Å². The summed E-state index contributed by atoms with van der Waals surface area (Å²) in [6, 6.07) is 23.4. The maximum atomic E-state index is 5.17. The predicted molar refractivity (Wildman–Crippen MR) is 88.4 cm³/mol. The van der Waals surface area contributed by atoms with Crippen LogP contribution in [0.4, 0.5) is 5.69 Å². The van der Waals surface area contributed by atoms with Crippen molar-refractivity contribution in [3.63, 3.8) is 0 Å². The lowest BCUT2D eigenvalue weighted by molar-refractivity contribution is 0.185. The summed E-state index contributed by atoms with van der Waals surface area (Å²) in [7, 11) is 1.72. The third-order valence-corrected chi connectivity index (χ3v) is 3.55. The van der Waals surface area contributed by atoms with Crippen LogP contribution in [0.5, 0.6) is 0 Å². The summed E-state index contributed by atoms with van der Waals surface area (Å²) < 4.78 is 5.17. The average molecular weight is 277 g/mol. The maximum Gasteiger partial charge on any atom is 0.0713 e. The Hall–Kier alpha value is -2.32. The van der Waals surface area contributed by atoms with E-state index in [9.17, 15) is 0 Å². The highest BCUT2D eigenvalue weighted by atomic mass is 16.5. The van der Waals surface area contributed by atoms with E-state index in [-0.39, 0.29) is 0 Å². The molecule has 2 nitrogen and oxygen atoms in total. The van der Waals surface area contributed by atoms with Gasteiger partial charge in [0, 0.05) is 19.3 Å². The van der Waals surface area contributed by atoms with Gasteiger partial charge in [-0.15, -0.1) is 0 Å². The van der Waals surface area contributed by atoms with Gasteiger partial charge in [0.25, 0.3) is 0 Å². The molecule has 0 saturated carbocycles. The lowest BCUT2D eigenvalue weighted by Crippen LogP contribution is -2.00. The molecule has 1 N–H and O–H groups in total. The number of methoxy groups -OCH3 is 1. The number of hydrogen-bond acceptors (Lipinski definition) is 2. The fraction of sp³-hybridized carbons (Fsp3) is 0.158. The van der Waals surface area contributed by atoms with Gasteiger partial charge >= 0.3 is 0 Å². The average Bonchev–Trinajstić information content (AvgIpc) is 2.53. The molecule has 0 aromatic heterocycles. The molecule has 0 radical (unpaired) electrons. The first-order chi connectivity index (χ1) is 10.3. The largest absolute Gasteiger partial charge is 0.381 e. The van der Waals surface area contributed by atoms with Gasteiger partial charge in [-0.05, 0) is 40.1 Å². The summed E-state index contributed by atoms with van der Waals surface area (Å²) in [4.78, 5) is 0. The van der Waals surface area contributed by atoms with Crippen LogP contribution in [-0.4, -0.2) is 7.11 Å². The van der Waals surface area contributed by atoms with E-state index in [1.165, 1.54) is 21.9 Å². The van der Waals surface area contributed by atoms with Gasteiger partial charge in [0.15, 0.2) is 0 Å². The first-order valence-corrected chi connectivity index (χ1v) is 7.14. The molecule has 2 heteroatoms. The highest BCUT2D eigenvalue weighted by Crippen LogP contribution is 2.17. The Balaban J connectivity index is 1.72. The molecule has 106 valence electrons. The number of fused-ring (bicyclic) bond motifs is 1. The van der Waals surface area contributed by atoms with E-state index in [2.05, 4.69) is 72.0 Å². The van der Waals surface area contributed by atoms with Crippen LogP contribution in [-0.2, 0) is 17.9 Å². The summed E-state index contributed by atoms with van der Waals surface area (Å²) in [5, 5.41) is 6.03. The first-order valence-electron chi connectivity index (χ1n) is 7.14. The van der Waals surface area contributed by atoms with Gasteiger partial charge in [-0.2, -0.15) is 0 Å². The van der Waals surface area contributed by atoms with Gasteiger partial charge in [0.05, 0.1) is 6.61 Å². The van der Waals surface area contributed by atoms with Crippen LogP contribution in [0.25, 0.3) is 10.8 Å². The van der Waals surface area contributed by atoms with Crippen LogP contribution < -0.4 is 5.32 Å².